The summed E-state index contributed by atoms with van der Waals surface area (Å²) in [5.41, 5.74) is 7.92. The molecule has 0 spiro atoms. The number of amides is 1. The van der Waals surface area contributed by atoms with Gasteiger partial charge in [0, 0.05) is 35.9 Å². The number of piperidine rings is 1. The van der Waals surface area contributed by atoms with Crippen LogP contribution in [0.2, 0.25) is 0 Å². The summed E-state index contributed by atoms with van der Waals surface area (Å²) in [4.78, 5) is 34.0. The number of carbonyl (C=O) groups is 2. The minimum atomic E-state index is -0.127. The topological polar surface area (TPSA) is 92.2 Å². The van der Waals surface area contributed by atoms with Crippen LogP contribution in [-0.4, -0.2) is 81.3 Å². The zero-order chi connectivity index (χ0) is 34.7. The highest BCUT2D eigenvalue weighted by Gasteiger charge is 2.45. The highest BCUT2D eigenvalue weighted by atomic mass is 16.5. The van der Waals surface area contributed by atoms with E-state index in [1.54, 1.807) is 0 Å². The number of amidine groups is 1. The number of ketones is 1. The first-order valence-corrected chi connectivity index (χ1v) is 17.6. The highest BCUT2D eigenvalue weighted by Crippen LogP contribution is 2.40. The molecule has 0 aliphatic carbocycles. The van der Waals surface area contributed by atoms with E-state index in [1.807, 2.05) is 79.0 Å². The quantitative estimate of drug-likeness (QED) is 0.157. The second-order valence-electron chi connectivity index (χ2n) is 13.3. The Labute approximate surface area is 290 Å². The molecule has 3 saturated heterocycles. The molecule has 1 amide bonds. The van der Waals surface area contributed by atoms with Gasteiger partial charge in [0.1, 0.15) is 0 Å². The third-order valence-electron chi connectivity index (χ3n) is 10.2. The molecule has 1 aromatic heterocycles. The number of hydrogen-bond donors (Lipinski definition) is 0. The molecule has 2 aromatic rings. The van der Waals surface area contributed by atoms with Gasteiger partial charge in [-0.1, -0.05) is 67.6 Å². The minimum Gasteiger partial charge on any atom is -0.377 e. The van der Waals surface area contributed by atoms with E-state index in [-0.39, 0.29) is 35.5 Å². The van der Waals surface area contributed by atoms with Crippen LogP contribution in [0.15, 0.2) is 88.1 Å². The molecule has 0 saturated carbocycles. The number of nitrogens with zero attached hydrogens (tertiary/aromatic N) is 6. The van der Waals surface area contributed by atoms with Crippen LogP contribution in [0.3, 0.4) is 0 Å². The van der Waals surface area contributed by atoms with Gasteiger partial charge in [0.05, 0.1) is 49.8 Å². The highest BCUT2D eigenvalue weighted by molar-refractivity contribution is 6.39. The predicted molar refractivity (Wildman–Crippen MR) is 197 cm³/mol. The van der Waals surface area contributed by atoms with E-state index in [0.717, 1.165) is 41.1 Å². The number of carbonyl (C=O) groups excluding carboxylic acids is 2. The number of aliphatic imine (C=N–C) groups is 1. The van der Waals surface area contributed by atoms with Gasteiger partial charge >= 0.3 is 0 Å². The van der Waals surface area contributed by atoms with E-state index in [2.05, 4.69) is 60.4 Å². The molecule has 6 rings (SSSR count). The van der Waals surface area contributed by atoms with Crippen molar-refractivity contribution in [1.29, 1.82) is 0 Å². The van der Waals surface area contributed by atoms with E-state index in [1.165, 1.54) is 11.1 Å². The average Bonchev–Trinajstić information content (AvgIpc) is 3.79. The summed E-state index contributed by atoms with van der Waals surface area (Å²) in [6.07, 6.45) is 16.8. The van der Waals surface area contributed by atoms with Crippen LogP contribution >= 0.6 is 0 Å². The lowest BCUT2D eigenvalue weighted by Gasteiger charge is -2.48. The second kappa shape index (κ2) is 14.9. The molecule has 3 atom stereocenters. The standard InChI is InChI=1S/C40H48N6O3/c1-7-13-30(17-16-26(4)29-14-11-10-12-15-29)36-22-42-46(27(36)5)28(6)38(37(47)9-3)35(8-2)31-20-33-24-49-25-34(21-31)45(33)40(48)39-41-19-18-32-23-44(32)43-39/h7-8,10-17,19,22,31-34H,9,18,20-21,23-25H2,1-6H3/b13-7-,26-16+,30-17+,35-8+,38-28+. The van der Waals surface area contributed by atoms with Crippen molar-refractivity contribution in [3.05, 3.63) is 94.9 Å². The summed E-state index contributed by atoms with van der Waals surface area (Å²) in [7, 11) is 0. The first-order valence-electron chi connectivity index (χ1n) is 17.6. The molecular formula is C40H48N6O3. The van der Waals surface area contributed by atoms with Gasteiger partial charge in [-0.3, -0.25) is 14.6 Å². The lowest BCUT2D eigenvalue weighted by atomic mass is 9.76. The number of benzene rings is 1. The summed E-state index contributed by atoms with van der Waals surface area (Å²) in [6, 6.07) is 10.5. The van der Waals surface area contributed by atoms with E-state index >= 15 is 0 Å². The fourth-order valence-electron chi connectivity index (χ4n) is 7.51. The average molecular weight is 661 g/mol. The van der Waals surface area contributed by atoms with Crippen molar-refractivity contribution in [3.63, 3.8) is 0 Å². The van der Waals surface area contributed by atoms with E-state index in [9.17, 15) is 9.59 Å². The first kappa shape index (κ1) is 34.2. The normalized spacial score (nSPS) is 24.8. The van der Waals surface area contributed by atoms with Crippen molar-refractivity contribution in [2.24, 2.45) is 16.0 Å². The summed E-state index contributed by atoms with van der Waals surface area (Å²) in [5, 5.41) is 11.3. The second-order valence-corrected chi connectivity index (χ2v) is 13.3. The molecule has 9 nitrogen and oxygen atoms in total. The monoisotopic (exact) mass is 660 g/mol. The maximum atomic E-state index is 13.8. The van der Waals surface area contributed by atoms with Crippen molar-refractivity contribution >= 4 is 40.6 Å². The Morgan fingerprint density at radius 1 is 1.02 bits per heavy atom. The van der Waals surface area contributed by atoms with Crippen LogP contribution < -0.4 is 0 Å². The fraction of sp³-hybridized carbons (Fsp3) is 0.425. The SMILES string of the molecule is C\C=C/C(=C\C=C(/C)c1ccccc1)c1cnn(/C(C)=C(C(=O)CC)\C(=C\C)C2CC3COCC(C2)N3C(=O)C2=NN3CC3CC=N2)c1C. The molecular weight excluding hydrogens is 612 g/mol. The van der Waals surface area contributed by atoms with Crippen LogP contribution in [0.4, 0.5) is 0 Å². The van der Waals surface area contributed by atoms with Gasteiger partial charge in [0.25, 0.3) is 5.91 Å². The van der Waals surface area contributed by atoms with Crippen LogP contribution in [0.25, 0.3) is 16.8 Å². The van der Waals surface area contributed by atoms with Crippen molar-refractivity contribution in [2.45, 2.75) is 85.4 Å². The molecule has 0 N–H and O–H groups in total. The molecule has 256 valence electrons. The van der Waals surface area contributed by atoms with Gasteiger partial charge < -0.3 is 9.64 Å². The summed E-state index contributed by atoms with van der Waals surface area (Å²) < 4.78 is 7.89. The Morgan fingerprint density at radius 2 is 1.76 bits per heavy atom. The maximum Gasteiger partial charge on any atom is 0.294 e. The van der Waals surface area contributed by atoms with Gasteiger partial charge in [0.15, 0.2) is 5.78 Å². The van der Waals surface area contributed by atoms with Gasteiger partial charge in [-0.15, -0.1) is 0 Å². The molecule has 3 fully saturated rings. The smallest absolute Gasteiger partial charge is 0.294 e. The number of Topliss-reactive ketones (excluding diaryl/α,β-unsaturated/α-hetero) is 1. The van der Waals surface area contributed by atoms with E-state index in [0.29, 0.717) is 44.1 Å². The fourth-order valence-corrected chi connectivity index (χ4v) is 7.51. The lowest BCUT2D eigenvalue weighted by molar-refractivity contribution is -0.145. The third kappa shape index (κ3) is 7.08. The zero-order valence-corrected chi connectivity index (χ0v) is 29.6. The Balaban J connectivity index is 1.30. The summed E-state index contributed by atoms with van der Waals surface area (Å²) in [5.74, 6) is 0.311. The van der Waals surface area contributed by atoms with Crippen molar-refractivity contribution in [3.8, 4) is 0 Å². The number of fused-ring (bicyclic) bond motifs is 3. The van der Waals surface area contributed by atoms with Crippen molar-refractivity contribution in [1.82, 2.24) is 19.7 Å². The predicted octanol–water partition coefficient (Wildman–Crippen LogP) is 6.89. The number of rotatable bonds is 10. The number of hydrazone groups is 1. The van der Waals surface area contributed by atoms with E-state index in [4.69, 9.17) is 9.84 Å². The van der Waals surface area contributed by atoms with Crippen LogP contribution in [0.5, 0.6) is 0 Å². The Morgan fingerprint density at radius 3 is 2.43 bits per heavy atom. The van der Waals surface area contributed by atoms with E-state index < -0.39 is 0 Å². The minimum absolute atomic E-state index is 0.0859. The Kier molecular flexibility index (Phi) is 10.4. The van der Waals surface area contributed by atoms with Gasteiger partial charge in [-0.05, 0) is 75.7 Å². The molecule has 49 heavy (non-hydrogen) atoms. The van der Waals surface area contributed by atoms with Crippen LogP contribution in [0.1, 0.15) is 77.1 Å². The number of allylic oxidation sites excluding steroid dienone is 10. The molecule has 3 unspecified atom stereocenters. The number of ether oxygens (including phenoxy) is 1. The number of hydrogen-bond acceptors (Lipinski definition) is 7. The Hall–Kier alpha value is -4.63. The molecule has 4 aliphatic heterocycles. The molecule has 9 heteroatoms. The van der Waals surface area contributed by atoms with Crippen LogP contribution in [-0.2, 0) is 14.3 Å². The molecule has 2 bridgehead atoms. The van der Waals surface area contributed by atoms with Crippen LogP contribution in [0, 0.1) is 12.8 Å². The number of aromatic nitrogens is 2. The summed E-state index contributed by atoms with van der Waals surface area (Å²) >= 11 is 0. The molecule has 5 heterocycles. The van der Waals surface area contributed by atoms with Gasteiger partial charge in [-0.25, -0.2) is 9.67 Å². The maximum absolute atomic E-state index is 13.8. The molecule has 4 aliphatic rings. The first-order chi connectivity index (χ1) is 23.7. The molecule has 0 radical (unpaired) electrons. The largest absolute Gasteiger partial charge is 0.377 e. The Bertz CT molecular complexity index is 1790. The summed E-state index contributed by atoms with van der Waals surface area (Å²) in [6.45, 7) is 13.9. The third-order valence-corrected chi connectivity index (χ3v) is 10.2. The van der Waals surface area contributed by atoms with Crippen molar-refractivity contribution < 1.29 is 14.3 Å². The number of morpholine rings is 1. The molecule has 1 aromatic carbocycles. The lowest BCUT2D eigenvalue weighted by Crippen LogP contribution is -2.60. The van der Waals surface area contributed by atoms with Gasteiger partial charge in [0.2, 0.25) is 5.84 Å². The van der Waals surface area contributed by atoms with Gasteiger partial charge in [-0.2, -0.15) is 10.2 Å². The zero-order valence-electron chi connectivity index (χ0n) is 29.6. The van der Waals surface area contributed by atoms with Crippen molar-refractivity contribution in [2.75, 3.05) is 19.8 Å².